The third-order valence-electron chi connectivity index (χ3n) is 5.23. The Morgan fingerprint density at radius 1 is 1.13 bits per heavy atom. The standard InChI is InChI=1S/C18H33N3O2/c1-4-6-7-15(5-2)18(23)21-12-10-20(11-13-21)14(3)17(22)19-16-8-9-16/h14-16H,4-13H2,1-3H3,(H,19,22). The van der Waals surface area contributed by atoms with Gasteiger partial charge in [0.05, 0.1) is 6.04 Å². The van der Waals surface area contributed by atoms with Crippen molar-refractivity contribution in [1.82, 2.24) is 15.1 Å². The number of amides is 2. The van der Waals surface area contributed by atoms with Gasteiger partial charge in [0.1, 0.15) is 0 Å². The molecule has 23 heavy (non-hydrogen) atoms. The molecule has 5 nitrogen and oxygen atoms in total. The lowest BCUT2D eigenvalue weighted by Gasteiger charge is -2.38. The smallest absolute Gasteiger partial charge is 0.237 e. The van der Waals surface area contributed by atoms with Gasteiger partial charge in [0.15, 0.2) is 0 Å². The minimum absolute atomic E-state index is 0.0880. The number of nitrogens with one attached hydrogen (secondary N) is 1. The molecule has 2 rings (SSSR count). The molecule has 5 heteroatoms. The van der Waals surface area contributed by atoms with Crippen LogP contribution in [-0.4, -0.2) is 59.9 Å². The van der Waals surface area contributed by atoms with E-state index in [0.717, 1.165) is 64.7 Å². The number of nitrogens with zero attached hydrogens (tertiary/aromatic N) is 2. The Labute approximate surface area is 140 Å². The molecule has 0 aromatic carbocycles. The molecule has 0 aromatic heterocycles. The molecule has 0 bridgehead atoms. The van der Waals surface area contributed by atoms with Gasteiger partial charge in [0.2, 0.25) is 11.8 Å². The van der Waals surface area contributed by atoms with Crippen LogP contribution >= 0.6 is 0 Å². The van der Waals surface area contributed by atoms with Crippen LogP contribution in [0.1, 0.15) is 59.3 Å². The molecule has 1 heterocycles. The molecule has 2 amide bonds. The molecule has 0 aromatic rings. The first-order chi connectivity index (χ1) is 11.1. The van der Waals surface area contributed by atoms with Crippen molar-refractivity contribution in [3.05, 3.63) is 0 Å². The van der Waals surface area contributed by atoms with Crippen LogP contribution in [0.15, 0.2) is 0 Å². The Morgan fingerprint density at radius 3 is 2.30 bits per heavy atom. The van der Waals surface area contributed by atoms with E-state index in [1.165, 1.54) is 0 Å². The summed E-state index contributed by atoms with van der Waals surface area (Å²) >= 11 is 0. The van der Waals surface area contributed by atoms with E-state index in [1.807, 2.05) is 11.8 Å². The largest absolute Gasteiger partial charge is 0.352 e. The lowest BCUT2D eigenvalue weighted by atomic mass is 9.97. The van der Waals surface area contributed by atoms with Crippen LogP contribution in [0.4, 0.5) is 0 Å². The van der Waals surface area contributed by atoms with E-state index in [-0.39, 0.29) is 17.9 Å². The highest BCUT2D eigenvalue weighted by Gasteiger charge is 2.32. The molecular formula is C18H33N3O2. The van der Waals surface area contributed by atoms with Crippen LogP contribution in [-0.2, 0) is 9.59 Å². The fourth-order valence-corrected chi connectivity index (χ4v) is 3.26. The van der Waals surface area contributed by atoms with Gasteiger partial charge in [-0.2, -0.15) is 0 Å². The van der Waals surface area contributed by atoms with Crippen molar-refractivity contribution in [3.8, 4) is 0 Å². The van der Waals surface area contributed by atoms with Crippen LogP contribution in [0.2, 0.25) is 0 Å². The van der Waals surface area contributed by atoms with E-state index in [0.29, 0.717) is 11.9 Å². The molecule has 132 valence electrons. The predicted molar refractivity (Wildman–Crippen MR) is 92.1 cm³/mol. The van der Waals surface area contributed by atoms with Crippen molar-refractivity contribution in [2.24, 2.45) is 5.92 Å². The Hall–Kier alpha value is -1.10. The number of piperazine rings is 1. The van der Waals surface area contributed by atoms with Gasteiger partial charge in [-0.25, -0.2) is 0 Å². The average Bonchev–Trinajstić information content (AvgIpc) is 3.38. The van der Waals surface area contributed by atoms with Gasteiger partial charge in [-0.05, 0) is 32.6 Å². The van der Waals surface area contributed by atoms with Crippen molar-refractivity contribution in [2.45, 2.75) is 71.4 Å². The highest BCUT2D eigenvalue weighted by Crippen LogP contribution is 2.20. The summed E-state index contributed by atoms with van der Waals surface area (Å²) in [4.78, 5) is 29.0. The molecule has 1 saturated carbocycles. The summed E-state index contributed by atoms with van der Waals surface area (Å²) in [7, 11) is 0. The topological polar surface area (TPSA) is 52.7 Å². The van der Waals surface area contributed by atoms with Gasteiger partial charge in [0.25, 0.3) is 0 Å². The van der Waals surface area contributed by atoms with Crippen LogP contribution in [0.25, 0.3) is 0 Å². The van der Waals surface area contributed by atoms with E-state index >= 15 is 0 Å². The number of carbonyl (C=O) groups excluding carboxylic acids is 2. The Bertz CT molecular complexity index is 401. The summed E-state index contributed by atoms with van der Waals surface area (Å²) in [5.41, 5.74) is 0. The number of hydrogen-bond donors (Lipinski definition) is 1. The molecule has 0 spiro atoms. The maximum Gasteiger partial charge on any atom is 0.237 e. The fourth-order valence-electron chi connectivity index (χ4n) is 3.26. The minimum atomic E-state index is -0.0880. The van der Waals surface area contributed by atoms with Crippen LogP contribution in [0.5, 0.6) is 0 Å². The summed E-state index contributed by atoms with van der Waals surface area (Å²) in [6, 6.07) is 0.326. The first kappa shape index (κ1) is 18.2. The molecule has 2 aliphatic rings. The summed E-state index contributed by atoms with van der Waals surface area (Å²) in [6.45, 7) is 9.36. The second kappa shape index (κ2) is 8.67. The van der Waals surface area contributed by atoms with E-state index in [2.05, 4.69) is 24.1 Å². The first-order valence-corrected chi connectivity index (χ1v) is 9.40. The Morgan fingerprint density at radius 2 is 1.78 bits per heavy atom. The van der Waals surface area contributed by atoms with Gasteiger partial charge in [-0.1, -0.05) is 26.7 Å². The van der Waals surface area contributed by atoms with Gasteiger partial charge in [0, 0.05) is 38.1 Å². The summed E-state index contributed by atoms with van der Waals surface area (Å²) in [5, 5.41) is 3.07. The highest BCUT2D eigenvalue weighted by atomic mass is 16.2. The third kappa shape index (κ3) is 5.20. The number of unbranched alkanes of at least 4 members (excludes halogenated alkanes) is 1. The van der Waals surface area contributed by atoms with E-state index in [1.54, 1.807) is 0 Å². The maximum absolute atomic E-state index is 12.6. The van der Waals surface area contributed by atoms with Crippen molar-refractivity contribution in [3.63, 3.8) is 0 Å². The quantitative estimate of drug-likeness (QED) is 0.743. The molecule has 2 fully saturated rings. The van der Waals surface area contributed by atoms with Gasteiger partial charge in [-0.3, -0.25) is 14.5 Å². The summed E-state index contributed by atoms with van der Waals surface area (Å²) in [6.07, 6.45) is 6.45. The lowest BCUT2D eigenvalue weighted by molar-refractivity contribution is -0.138. The minimum Gasteiger partial charge on any atom is -0.352 e. The monoisotopic (exact) mass is 323 g/mol. The highest BCUT2D eigenvalue weighted by molar-refractivity contribution is 5.82. The Kier molecular flexibility index (Phi) is 6.88. The molecule has 0 radical (unpaired) electrons. The average molecular weight is 323 g/mol. The number of rotatable bonds is 8. The molecule has 1 N–H and O–H groups in total. The van der Waals surface area contributed by atoms with Crippen LogP contribution < -0.4 is 5.32 Å². The SMILES string of the molecule is CCCCC(CC)C(=O)N1CCN(C(C)C(=O)NC2CC2)CC1. The zero-order valence-corrected chi connectivity index (χ0v) is 15.0. The summed E-state index contributed by atoms with van der Waals surface area (Å²) < 4.78 is 0. The van der Waals surface area contributed by atoms with Gasteiger partial charge in [-0.15, -0.1) is 0 Å². The zero-order valence-electron chi connectivity index (χ0n) is 15.0. The molecule has 2 unspecified atom stereocenters. The van der Waals surface area contributed by atoms with Gasteiger partial charge < -0.3 is 10.2 Å². The molecule has 1 aliphatic heterocycles. The molecule has 1 saturated heterocycles. The van der Waals surface area contributed by atoms with E-state index in [9.17, 15) is 9.59 Å². The number of carbonyl (C=O) groups is 2. The molecule has 1 aliphatic carbocycles. The normalized spacial score (nSPS) is 21.8. The fraction of sp³-hybridized carbons (Fsp3) is 0.889. The van der Waals surface area contributed by atoms with Crippen molar-refractivity contribution in [2.75, 3.05) is 26.2 Å². The Balaban J connectivity index is 1.77. The third-order valence-corrected chi connectivity index (χ3v) is 5.23. The van der Waals surface area contributed by atoms with Crippen LogP contribution in [0, 0.1) is 5.92 Å². The van der Waals surface area contributed by atoms with Crippen molar-refractivity contribution in [1.29, 1.82) is 0 Å². The lowest BCUT2D eigenvalue weighted by Crippen LogP contribution is -2.55. The second-order valence-corrected chi connectivity index (χ2v) is 7.07. The van der Waals surface area contributed by atoms with Crippen molar-refractivity contribution >= 4 is 11.8 Å². The zero-order chi connectivity index (χ0) is 16.8. The number of hydrogen-bond acceptors (Lipinski definition) is 3. The van der Waals surface area contributed by atoms with E-state index in [4.69, 9.17) is 0 Å². The maximum atomic E-state index is 12.6. The van der Waals surface area contributed by atoms with Crippen LogP contribution in [0.3, 0.4) is 0 Å². The van der Waals surface area contributed by atoms with E-state index < -0.39 is 0 Å². The molecule has 2 atom stereocenters. The molecular weight excluding hydrogens is 290 g/mol. The predicted octanol–water partition coefficient (Wildman–Crippen LogP) is 2.01. The summed E-state index contributed by atoms with van der Waals surface area (Å²) in [5.74, 6) is 0.634. The first-order valence-electron chi connectivity index (χ1n) is 9.40. The van der Waals surface area contributed by atoms with Gasteiger partial charge >= 0.3 is 0 Å². The van der Waals surface area contributed by atoms with Crippen molar-refractivity contribution < 1.29 is 9.59 Å². The second-order valence-electron chi connectivity index (χ2n) is 7.07.